The van der Waals surface area contributed by atoms with E-state index in [1.807, 2.05) is 24.3 Å². The molecule has 0 atom stereocenters. The van der Waals surface area contributed by atoms with Crippen LogP contribution in [0.3, 0.4) is 0 Å². The summed E-state index contributed by atoms with van der Waals surface area (Å²) in [6, 6.07) is 14.3. The van der Waals surface area contributed by atoms with Crippen molar-refractivity contribution < 1.29 is 19.0 Å². The predicted octanol–water partition coefficient (Wildman–Crippen LogP) is 2.85. The van der Waals surface area contributed by atoms with Crippen molar-refractivity contribution in [1.82, 2.24) is 0 Å². The van der Waals surface area contributed by atoms with Gasteiger partial charge in [0.05, 0.1) is 20.6 Å². The van der Waals surface area contributed by atoms with Gasteiger partial charge in [0.25, 0.3) is 0 Å². The van der Waals surface area contributed by atoms with Gasteiger partial charge in [-0.25, -0.2) is 0 Å². The van der Waals surface area contributed by atoms with Crippen molar-refractivity contribution in [2.24, 2.45) is 0 Å². The first-order valence-electron chi connectivity index (χ1n) is 6.19. The fourth-order valence-corrected chi connectivity index (χ4v) is 1.74. The first-order chi connectivity index (χ1) is 9.71. The van der Waals surface area contributed by atoms with E-state index in [4.69, 9.17) is 14.2 Å². The van der Waals surface area contributed by atoms with Crippen LogP contribution in [0.15, 0.2) is 48.5 Å². The van der Waals surface area contributed by atoms with Crippen LogP contribution in [0.2, 0.25) is 0 Å². The average Bonchev–Trinajstić information content (AvgIpc) is 2.48. The number of ether oxygens (including phenoxy) is 3. The van der Waals surface area contributed by atoms with Gasteiger partial charge in [-0.3, -0.25) is 4.79 Å². The van der Waals surface area contributed by atoms with Crippen molar-refractivity contribution in [3.63, 3.8) is 0 Å². The van der Waals surface area contributed by atoms with Crippen LogP contribution in [0, 0.1) is 0 Å². The molecule has 2 rings (SSSR count). The normalized spacial score (nSPS) is 9.90. The van der Waals surface area contributed by atoms with Gasteiger partial charge in [0.2, 0.25) is 0 Å². The molecule has 0 saturated carbocycles. The van der Waals surface area contributed by atoms with Gasteiger partial charge in [-0.2, -0.15) is 0 Å². The second-order valence-corrected chi connectivity index (χ2v) is 4.18. The summed E-state index contributed by atoms with van der Waals surface area (Å²) in [6.45, 7) is 0. The molecular formula is C16H16O4. The lowest BCUT2D eigenvalue weighted by Crippen LogP contribution is -2.11. The number of rotatable bonds is 5. The van der Waals surface area contributed by atoms with Gasteiger partial charge in [-0.1, -0.05) is 18.2 Å². The zero-order valence-corrected chi connectivity index (χ0v) is 11.5. The van der Waals surface area contributed by atoms with E-state index < -0.39 is 0 Å². The Balaban J connectivity index is 1.97. The lowest BCUT2D eigenvalue weighted by atomic mass is 10.1. The largest absolute Gasteiger partial charge is 0.497 e. The van der Waals surface area contributed by atoms with Gasteiger partial charge in [0.15, 0.2) is 0 Å². The number of methoxy groups -OCH3 is 2. The Kier molecular flexibility index (Phi) is 4.60. The third-order valence-corrected chi connectivity index (χ3v) is 2.78. The zero-order valence-electron chi connectivity index (χ0n) is 11.5. The lowest BCUT2D eigenvalue weighted by Gasteiger charge is -2.06. The third kappa shape index (κ3) is 3.75. The maximum absolute atomic E-state index is 11.8. The van der Waals surface area contributed by atoms with E-state index in [0.29, 0.717) is 11.5 Å². The average molecular weight is 272 g/mol. The van der Waals surface area contributed by atoms with E-state index >= 15 is 0 Å². The van der Waals surface area contributed by atoms with Crippen LogP contribution in [0.25, 0.3) is 0 Å². The summed E-state index contributed by atoms with van der Waals surface area (Å²) in [6.07, 6.45) is 0.210. The van der Waals surface area contributed by atoms with E-state index in [-0.39, 0.29) is 12.4 Å². The molecule has 4 nitrogen and oxygen atoms in total. The molecule has 20 heavy (non-hydrogen) atoms. The van der Waals surface area contributed by atoms with Gasteiger partial charge in [-0.05, 0) is 29.8 Å². The van der Waals surface area contributed by atoms with Gasteiger partial charge < -0.3 is 14.2 Å². The molecule has 2 aromatic carbocycles. The second kappa shape index (κ2) is 6.61. The molecule has 0 spiro atoms. The molecular weight excluding hydrogens is 256 g/mol. The van der Waals surface area contributed by atoms with Crippen molar-refractivity contribution in [3.8, 4) is 17.2 Å². The van der Waals surface area contributed by atoms with Crippen LogP contribution in [0.1, 0.15) is 5.56 Å². The SMILES string of the molecule is COc1ccc(CC(=O)Oc2cccc(OC)c2)cc1. The molecule has 0 N–H and O–H groups in total. The molecule has 0 aromatic heterocycles. The molecule has 0 fully saturated rings. The highest BCUT2D eigenvalue weighted by Gasteiger charge is 2.07. The smallest absolute Gasteiger partial charge is 0.315 e. The van der Waals surface area contributed by atoms with Crippen molar-refractivity contribution in [1.29, 1.82) is 0 Å². The maximum atomic E-state index is 11.8. The fourth-order valence-electron chi connectivity index (χ4n) is 1.74. The molecule has 0 aliphatic rings. The van der Waals surface area contributed by atoms with E-state index in [9.17, 15) is 4.79 Å². The Morgan fingerprint density at radius 1 is 0.900 bits per heavy atom. The Morgan fingerprint density at radius 2 is 1.55 bits per heavy atom. The van der Waals surface area contributed by atoms with Crippen LogP contribution in [0.4, 0.5) is 0 Å². The second-order valence-electron chi connectivity index (χ2n) is 4.18. The quantitative estimate of drug-likeness (QED) is 0.620. The molecule has 0 saturated heterocycles. The summed E-state index contributed by atoms with van der Waals surface area (Å²) in [5.41, 5.74) is 0.874. The molecule has 2 aromatic rings. The number of hydrogen-bond donors (Lipinski definition) is 0. The number of carbonyl (C=O) groups excluding carboxylic acids is 1. The summed E-state index contributed by atoms with van der Waals surface area (Å²) < 4.78 is 15.4. The minimum atomic E-state index is -0.316. The molecule has 4 heteroatoms. The highest BCUT2D eigenvalue weighted by atomic mass is 16.5. The Hall–Kier alpha value is -2.49. The third-order valence-electron chi connectivity index (χ3n) is 2.78. The zero-order chi connectivity index (χ0) is 14.4. The Morgan fingerprint density at radius 3 is 2.20 bits per heavy atom. The molecule has 0 aliphatic carbocycles. The maximum Gasteiger partial charge on any atom is 0.315 e. The fraction of sp³-hybridized carbons (Fsp3) is 0.188. The van der Waals surface area contributed by atoms with Crippen molar-refractivity contribution in [3.05, 3.63) is 54.1 Å². The standard InChI is InChI=1S/C16H16O4/c1-18-13-8-6-12(7-9-13)10-16(17)20-15-5-3-4-14(11-15)19-2/h3-9,11H,10H2,1-2H3. The van der Waals surface area contributed by atoms with Crippen LogP contribution < -0.4 is 14.2 Å². The van der Waals surface area contributed by atoms with E-state index in [1.165, 1.54) is 0 Å². The molecule has 0 bridgehead atoms. The topological polar surface area (TPSA) is 44.8 Å². The van der Waals surface area contributed by atoms with Gasteiger partial charge in [0, 0.05) is 6.07 Å². The molecule has 0 amide bonds. The molecule has 104 valence electrons. The minimum Gasteiger partial charge on any atom is -0.497 e. The van der Waals surface area contributed by atoms with E-state index in [2.05, 4.69) is 0 Å². The highest BCUT2D eigenvalue weighted by Crippen LogP contribution is 2.19. The van der Waals surface area contributed by atoms with E-state index in [0.717, 1.165) is 11.3 Å². The summed E-state index contributed by atoms with van der Waals surface area (Å²) in [7, 11) is 3.17. The van der Waals surface area contributed by atoms with Crippen molar-refractivity contribution in [2.45, 2.75) is 6.42 Å². The molecule has 0 heterocycles. The summed E-state index contributed by atoms with van der Waals surface area (Å²) in [5, 5.41) is 0. The first kappa shape index (κ1) is 13.9. The molecule has 0 unspecified atom stereocenters. The summed E-state index contributed by atoms with van der Waals surface area (Å²) in [4.78, 5) is 11.8. The predicted molar refractivity (Wildman–Crippen MR) is 75.3 cm³/mol. The van der Waals surface area contributed by atoms with Crippen LogP contribution in [-0.2, 0) is 11.2 Å². The monoisotopic (exact) mass is 272 g/mol. The van der Waals surface area contributed by atoms with Crippen molar-refractivity contribution in [2.75, 3.05) is 14.2 Å². The van der Waals surface area contributed by atoms with Gasteiger partial charge in [0.1, 0.15) is 17.2 Å². The number of hydrogen-bond acceptors (Lipinski definition) is 4. The lowest BCUT2D eigenvalue weighted by molar-refractivity contribution is -0.133. The highest BCUT2D eigenvalue weighted by molar-refractivity contribution is 5.75. The van der Waals surface area contributed by atoms with Gasteiger partial charge >= 0.3 is 5.97 Å². The number of carbonyl (C=O) groups is 1. The first-order valence-corrected chi connectivity index (χ1v) is 6.19. The van der Waals surface area contributed by atoms with Crippen molar-refractivity contribution >= 4 is 5.97 Å². The van der Waals surface area contributed by atoms with Gasteiger partial charge in [-0.15, -0.1) is 0 Å². The summed E-state index contributed by atoms with van der Waals surface area (Å²) >= 11 is 0. The van der Waals surface area contributed by atoms with Crippen LogP contribution >= 0.6 is 0 Å². The van der Waals surface area contributed by atoms with Crippen LogP contribution in [-0.4, -0.2) is 20.2 Å². The Bertz CT molecular complexity index is 575. The van der Waals surface area contributed by atoms with Crippen LogP contribution in [0.5, 0.6) is 17.2 Å². The summed E-state index contributed by atoms with van der Waals surface area (Å²) in [5.74, 6) is 1.57. The Labute approximate surface area is 117 Å². The number of benzene rings is 2. The minimum absolute atomic E-state index is 0.210. The molecule has 0 radical (unpaired) electrons. The number of esters is 1. The molecule has 0 aliphatic heterocycles. The van der Waals surface area contributed by atoms with E-state index in [1.54, 1.807) is 38.5 Å².